The molecule has 2 aliphatic rings. The maximum atomic E-state index is 12.1. The quantitative estimate of drug-likeness (QED) is 0.810. The summed E-state index contributed by atoms with van der Waals surface area (Å²) in [7, 11) is 0. The first-order valence-corrected chi connectivity index (χ1v) is 7.51. The van der Waals surface area contributed by atoms with E-state index in [1.807, 2.05) is 0 Å². The topological polar surface area (TPSA) is 58.4 Å². The van der Waals surface area contributed by atoms with Crippen molar-refractivity contribution in [3.05, 3.63) is 0 Å². The summed E-state index contributed by atoms with van der Waals surface area (Å²) < 4.78 is 0. The Hall–Kier alpha value is -0.0300. The predicted octanol–water partition coefficient (Wildman–Crippen LogP) is 1.81. The fourth-order valence-electron chi connectivity index (χ4n) is 3.32. The monoisotopic (exact) mass is 325 g/mol. The van der Waals surface area contributed by atoms with Gasteiger partial charge in [-0.15, -0.1) is 24.8 Å². The number of likely N-dealkylation sites (tertiary alicyclic amines) is 1. The smallest absolute Gasteiger partial charge is 0.223 e. The molecule has 1 saturated heterocycles. The second-order valence-corrected chi connectivity index (χ2v) is 5.73. The summed E-state index contributed by atoms with van der Waals surface area (Å²) in [5.74, 6) is 0.830. The molecule has 4 nitrogen and oxygen atoms in total. The molecular weight excluding hydrogens is 297 g/mol. The van der Waals surface area contributed by atoms with Crippen LogP contribution in [-0.2, 0) is 4.79 Å². The van der Waals surface area contributed by atoms with E-state index in [4.69, 9.17) is 5.73 Å². The molecule has 0 aromatic heterocycles. The molecule has 0 unspecified atom stereocenters. The van der Waals surface area contributed by atoms with E-state index < -0.39 is 0 Å². The molecule has 1 amide bonds. The molecule has 1 saturated carbocycles. The van der Waals surface area contributed by atoms with E-state index in [1.54, 1.807) is 0 Å². The number of amides is 1. The zero-order valence-corrected chi connectivity index (χ0v) is 13.8. The van der Waals surface area contributed by atoms with Crippen molar-refractivity contribution in [3.8, 4) is 0 Å². The molecule has 1 aliphatic heterocycles. The number of piperidine rings is 1. The van der Waals surface area contributed by atoms with Crippen molar-refractivity contribution in [1.29, 1.82) is 0 Å². The van der Waals surface area contributed by atoms with E-state index in [-0.39, 0.29) is 36.6 Å². The number of rotatable bonds is 5. The lowest BCUT2D eigenvalue weighted by Crippen LogP contribution is -2.41. The highest BCUT2D eigenvalue weighted by atomic mass is 35.5. The maximum absolute atomic E-state index is 12.1. The number of nitrogens with one attached hydrogen (secondary N) is 1. The van der Waals surface area contributed by atoms with Crippen LogP contribution in [-0.4, -0.2) is 43.5 Å². The summed E-state index contributed by atoms with van der Waals surface area (Å²) in [6, 6.07) is 0. The van der Waals surface area contributed by atoms with Crippen LogP contribution in [0.2, 0.25) is 0 Å². The molecule has 1 aliphatic carbocycles. The Kier molecular flexibility index (Phi) is 10.6. The Labute approximate surface area is 135 Å². The Morgan fingerprint density at radius 3 is 2.45 bits per heavy atom. The summed E-state index contributed by atoms with van der Waals surface area (Å²) in [5.41, 5.74) is 5.72. The van der Waals surface area contributed by atoms with Gasteiger partial charge in [-0.2, -0.15) is 0 Å². The van der Waals surface area contributed by atoms with Gasteiger partial charge in [-0.25, -0.2) is 0 Å². The van der Waals surface area contributed by atoms with E-state index in [1.165, 1.54) is 32.4 Å². The zero-order valence-electron chi connectivity index (χ0n) is 12.2. The molecule has 2 fully saturated rings. The van der Waals surface area contributed by atoms with Crippen LogP contribution >= 0.6 is 24.8 Å². The molecule has 0 aromatic rings. The van der Waals surface area contributed by atoms with Crippen LogP contribution in [0, 0.1) is 11.8 Å². The van der Waals surface area contributed by atoms with E-state index in [9.17, 15) is 4.79 Å². The summed E-state index contributed by atoms with van der Waals surface area (Å²) >= 11 is 0. The van der Waals surface area contributed by atoms with E-state index in [0.29, 0.717) is 12.5 Å². The Morgan fingerprint density at radius 1 is 1.10 bits per heavy atom. The molecule has 2 rings (SSSR count). The SMILES string of the molecule is Cl.Cl.NC[C@H]1CCC[C@H]1C(=O)NCCN1CCCCC1. The van der Waals surface area contributed by atoms with Crippen LogP contribution in [0.3, 0.4) is 0 Å². The van der Waals surface area contributed by atoms with Crippen LogP contribution in [0.15, 0.2) is 0 Å². The first-order valence-electron chi connectivity index (χ1n) is 7.51. The minimum Gasteiger partial charge on any atom is -0.355 e. The van der Waals surface area contributed by atoms with Gasteiger partial charge in [0.05, 0.1) is 0 Å². The average molecular weight is 326 g/mol. The van der Waals surface area contributed by atoms with E-state index in [0.717, 1.165) is 32.4 Å². The van der Waals surface area contributed by atoms with Crippen molar-refractivity contribution in [2.75, 3.05) is 32.7 Å². The van der Waals surface area contributed by atoms with Gasteiger partial charge in [-0.05, 0) is 51.2 Å². The van der Waals surface area contributed by atoms with E-state index in [2.05, 4.69) is 10.2 Å². The number of carbonyl (C=O) groups is 1. The van der Waals surface area contributed by atoms with Gasteiger partial charge in [0.2, 0.25) is 5.91 Å². The molecule has 0 aromatic carbocycles. The summed E-state index contributed by atoms with van der Waals surface area (Å²) in [6.45, 7) is 4.86. The highest BCUT2D eigenvalue weighted by Crippen LogP contribution is 2.30. The van der Waals surface area contributed by atoms with Gasteiger partial charge in [0.25, 0.3) is 0 Å². The van der Waals surface area contributed by atoms with Crippen LogP contribution in [0.25, 0.3) is 0 Å². The average Bonchev–Trinajstić information content (AvgIpc) is 2.88. The van der Waals surface area contributed by atoms with E-state index >= 15 is 0 Å². The lowest BCUT2D eigenvalue weighted by Gasteiger charge is -2.26. The van der Waals surface area contributed by atoms with Gasteiger partial charge in [0.15, 0.2) is 0 Å². The fourth-order valence-corrected chi connectivity index (χ4v) is 3.32. The van der Waals surface area contributed by atoms with Crippen molar-refractivity contribution in [2.24, 2.45) is 17.6 Å². The standard InChI is InChI=1S/C14H27N3O.2ClH/c15-11-12-5-4-6-13(12)14(18)16-7-10-17-8-2-1-3-9-17;;/h12-13H,1-11,15H2,(H,16,18);2*1H/t12-,13-;;/m1../s1. The molecule has 120 valence electrons. The lowest BCUT2D eigenvalue weighted by atomic mass is 9.95. The van der Waals surface area contributed by atoms with Gasteiger partial charge in [0.1, 0.15) is 0 Å². The number of hydrogen-bond acceptors (Lipinski definition) is 3. The zero-order chi connectivity index (χ0) is 12.8. The van der Waals surface area contributed by atoms with Crippen LogP contribution in [0.1, 0.15) is 38.5 Å². The van der Waals surface area contributed by atoms with Crippen LogP contribution in [0.5, 0.6) is 0 Å². The van der Waals surface area contributed by atoms with Crippen molar-refractivity contribution >= 4 is 30.7 Å². The number of nitrogens with two attached hydrogens (primary N) is 1. The highest BCUT2D eigenvalue weighted by Gasteiger charge is 2.31. The highest BCUT2D eigenvalue weighted by molar-refractivity contribution is 5.85. The first-order chi connectivity index (χ1) is 8.81. The molecule has 1 heterocycles. The van der Waals surface area contributed by atoms with Crippen molar-refractivity contribution in [2.45, 2.75) is 38.5 Å². The summed E-state index contributed by atoms with van der Waals surface area (Å²) in [6.07, 6.45) is 7.30. The third kappa shape index (κ3) is 5.76. The first kappa shape index (κ1) is 20.0. The second-order valence-electron chi connectivity index (χ2n) is 5.73. The molecule has 0 bridgehead atoms. The second kappa shape index (κ2) is 10.7. The number of halogens is 2. The Balaban J connectivity index is 0.00000180. The van der Waals surface area contributed by atoms with Crippen molar-refractivity contribution < 1.29 is 4.79 Å². The van der Waals surface area contributed by atoms with Gasteiger partial charge in [-0.1, -0.05) is 12.8 Å². The third-order valence-electron chi connectivity index (χ3n) is 4.47. The molecular formula is C14H29Cl2N3O. The van der Waals surface area contributed by atoms with Gasteiger partial charge in [0, 0.05) is 19.0 Å². The summed E-state index contributed by atoms with van der Waals surface area (Å²) in [5, 5.41) is 3.10. The molecule has 0 spiro atoms. The van der Waals surface area contributed by atoms with Crippen molar-refractivity contribution in [3.63, 3.8) is 0 Å². The summed E-state index contributed by atoms with van der Waals surface area (Å²) in [4.78, 5) is 14.5. The Bertz CT molecular complexity index is 273. The maximum Gasteiger partial charge on any atom is 0.223 e. The number of nitrogens with zero attached hydrogens (tertiary/aromatic N) is 1. The minimum absolute atomic E-state index is 0. The van der Waals surface area contributed by atoms with Crippen molar-refractivity contribution in [1.82, 2.24) is 10.2 Å². The number of carbonyl (C=O) groups excluding carboxylic acids is 1. The van der Waals surface area contributed by atoms with Crippen LogP contribution < -0.4 is 11.1 Å². The molecule has 6 heteroatoms. The molecule has 20 heavy (non-hydrogen) atoms. The van der Waals surface area contributed by atoms with Crippen LogP contribution in [0.4, 0.5) is 0 Å². The van der Waals surface area contributed by atoms with Gasteiger partial charge < -0.3 is 16.0 Å². The lowest BCUT2D eigenvalue weighted by molar-refractivity contribution is -0.126. The Morgan fingerprint density at radius 2 is 1.80 bits per heavy atom. The molecule has 3 N–H and O–H groups in total. The number of hydrogen-bond donors (Lipinski definition) is 2. The largest absolute Gasteiger partial charge is 0.355 e. The normalized spacial score (nSPS) is 26.4. The van der Waals surface area contributed by atoms with Gasteiger partial charge >= 0.3 is 0 Å². The molecule has 0 radical (unpaired) electrons. The molecule has 2 atom stereocenters. The predicted molar refractivity (Wildman–Crippen MR) is 87.7 cm³/mol. The third-order valence-corrected chi connectivity index (χ3v) is 4.47. The minimum atomic E-state index is 0. The fraction of sp³-hybridized carbons (Fsp3) is 0.929. The van der Waals surface area contributed by atoms with Gasteiger partial charge in [-0.3, -0.25) is 4.79 Å².